The molecule has 5 heteroatoms. The molecule has 2 rings (SSSR count). The molecular formula is C9H15N3OS. The van der Waals surface area contributed by atoms with Gasteiger partial charge in [-0.15, -0.1) is 0 Å². The number of hydrogen-bond donors (Lipinski definition) is 3. The van der Waals surface area contributed by atoms with E-state index in [2.05, 4.69) is 5.32 Å². The van der Waals surface area contributed by atoms with Crippen molar-refractivity contribution in [3.05, 3.63) is 11.8 Å². The van der Waals surface area contributed by atoms with Crippen LogP contribution < -0.4 is 10.5 Å². The maximum Gasteiger partial charge on any atom is 0.104 e. The molecule has 0 spiro atoms. The molecule has 4 nitrogen and oxygen atoms in total. The first-order chi connectivity index (χ1) is 6.81. The highest BCUT2D eigenvalue weighted by Gasteiger charge is 2.36. The smallest absolute Gasteiger partial charge is 0.104 e. The SMILES string of the molecule is N=C(/C=C1\NCCO[C@@H]1C1CC1)SN. The van der Waals surface area contributed by atoms with Crippen molar-refractivity contribution in [2.24, 2.45) is 11.1 Å². The van der Waals surface area contributed by atoms with Crippen LogP contribution in [0.25, 0.3) is 0 Å². The number of ether oxygens (including phenoxy) is 1. The van der Waals surface area contributed by atoms with E-state index in [1.165, 1.54) is 12.8 Å². The fourth-order valence-corrected chi connectivity index (χ4v) is 1.86. The maximum absolute atomic E-state index is 7.49. The van der Waals surface area contributed by atoms with E-state index in [1.54, 1.807) is 6.08 Å². The number of nitrogens with one attached hydrogen (secondary N) is 2. The summed E-state index contributed by atoms with van der Waals surface area (Å²) in [5.74, 6) is 0.657. The molecule has 1 heterocycles. The molecule has 2 aliphatic rings. The number of rotatable bonds is 2. The van der Waals surface area contributed by atoms with Crippen molar-refractivity contribution >= 4 is 17.0 Å². The normalized spacial score (nSPS) is 30.1. The first kappa shape index (κ1) is 10.0. The van der Waals surface area contributed by atoms with E-state index < -0.39 is 0 Å². The van der Waals surface area contributed by atoms with Crippen molar-refractivity contribution in [1.82, 2.24) is 5.32 Å². The van der Waals surface area contributed by atoms with Gasteiger partial charge >= 0.3 is 0 Å². The molecule has 0 aromatic heterocycles. The lowest BCUT2D eigenvalue weighted by Crippen LogP contribution is -2.38. The predicted molar refractivity (Wildman–Crippen MR) is 58.1 cm³/mol. The molecular weight excluding hydrogens is 198 g/mol. The minimum Gasteiger partial charge on any atom is -0.384 e. The van der Waals surface area contributed by atoms with Gasteiger partial charge in [0.15, 0.2) is 0 Å². The summed E-state index contributed by atoms with van der Waals surface area (Å²) in [5, 5.41) is 16.5. The first-order valence-corrected chi connectivity index (χ1v) is 5.71. The molecule has 1 aliphatic carbocycles. The molecule has 0 unspecified atom stereocenters. The lowest BCUT2D eigenvalue weighted by atomic mass is 10.1. The molecule has 1 saturated heterocycles. The summed E-state index contributed by atoms with van der Waals surface area (Å²) in [6.07, 6.45) is 4.45. The van der Waals surface area contributed by atoms with E-state index in [-0.39, 0.29) is 6.10 Å². The monoisotopic (exact) mass is 213 g/mol. The van der Waals surface area contributed by atoms with E-state index >= 15 is 0 Å². The molecule has 0 aromatic carbocycles. The van der Waals surface area contributed by atoms with Crippen LogP contribution in [-0.4, -0.2) is 24.3 Å². The van der Waals surface area contributed by atoms with Crippen LogP contribution in [-0.2, 0) is 4.74 Å². The summed E-state index contributed by atoms with van der Waals surface area (Å²) in [4.78, 5) is 0. The van der Waals surface area contributed by atoms with Crippen LogP contribution >= 0.6 is 11.9 Å². The lowest BCUT2D eigenvalue weighted by Gasteiger charge is -2.27. The molecule has 14 heavy (non-hydrogen) atoms. The zero-order valence-corrected chi connectivity index (χ0v) is 8.77. The van der Waals surface area contributed by atoms with Gasteiger partial charge in [-0.25, -0.2) is 0 Å². The Morgan fingerprint density at radius 3 is 3.07 bits per heavy atom. The Morgan fingerprint density at radius 1 is 1.64 bits per heavy atom. The van der Waals surface area contributed by atoms with Crippen molar-refractivity contribution in [3.63, 3.8) is 0 Å². The van der Waals surface area contributed by atoms with Gasteiger partial charge in [-0.3, -0.25) is 10.5 Å². The summed E-state index contributed by atoms with van der Waals surface area (Å²) < 4.78 is 5.68. The summed E-state index contributed by atoms with van der Waals surface area (Å²) >= 11 is 0.964. The molecule has 1 aliphatic heterocycles. The third-order valence-corrected chi connectivity index (χ3v) is 2.87. The van der Waals surface area contributed by atoms with Crippen LogP contribution in [0.3, 0.4) is 0 Å². The highest BCUT2D eigenvalue weighted by atomic mass is 32.2. The van der Waals surface area contributed by atoms with Crippen molar-refractivity contribution in [2.45, 2.75) is 18.9 Å². The molecule has 0 aromatic rings. The number of nitrogens with two attached hydrogens (primary N) is 1. The standard InChI is InChI=1S/C9H15N3OS/c10-8(14-11)5-7-9(6-1-2-6)13-4-3-12-7/h5-6,9-10,12H,1-4,11H2/b7-5-,10-8?/t9-/m1/s1. The van der Waals surface area contributed by atoms with Crippen LogP contribution in [0.1, 0.15) is 12.8 Å². The van der Waals surface area contributed by atoms with Crippen molar-refractivity contribution in [3.8, 4) is 0 Å². The molecule has 1 saturated carbocycles. The van der Waals surface area contributed by atoms with Gasteiger partial charge in [0.25, 0.3) is 0 Å². The average Bonchev–Trinajstić information content (AvgIpc) is 3.02. The van der Waals surface area contributed by atoms with E-state index in [0.717, 1.165) is 30.8 Å². The van der Waals surface area contributed by atoms with Crippen LogP contribution in [0, 0.1) is 11.3 Å². The molecule has 4 N–H and O–H groups in total. The van der Waals surface area contributed by atoms with Crippen LogP contribution in [0.15, 0.2) is 11.8 Å². The van der Waals surface area contributed by atoms with Crippen LogP contribution in [0.4, 0.5) is 0 Å². The topological polar surface area (TPSA) is 71.1 Å². The van der Waals surface area contributed by atoms with Crippen molar-refractivity contribution in [1.29, 1.82) is 5.41 Å². The predicted octanol–water partition coefficient (Wildman–Crippen LogP) is 0.853. The molecule has 0 amide bonds. The van der Waals surface area contributed by atoms with Gasteiger partial charge in [-0.05, 0) is 36.8 Å². The Kier molecular flexibility index (Phi) is 3.10. The van der Waals surface area contributed by atoms with Gasteiger partial charge in [0, 0.05) is 12.2 Å². The van der Waals surface area contributed by atoms with Gasteiger partial charge in [0.05, 0.1) is 12.7 Å². The zero-order valence-electron chi connectivity index (χ0n) is 7.95. The second-order valence-corrected chi connectivity index (χ2v) is 4.31. The molecule has 2 fully saturated rings. The van der Waals surface area contributed by atoms with Gasteiger partial charge in [-0.1, -0.05) is 0 Å². The minimum absolute atomic E-state index is 0.177. The molecule has 78 valence electrons. The minimum atomic E-state index is 0.177. The number of morpholine rings is 1. The van der Waals surface area contributed by atoms with Gasteiger partial charge in [0.1, 0.15) is 5.04 Å². The van der Waals surface area contributed by atoms with Gasteiger partial charge in [-0.2, -0.15) is 0 Å². The second-order valence-electron chi connectivity index (χ2n) is 3.64. The third-order valence-electron chi connectivity index (χ3n) is 2.50. The van der Waals surface area contributed by atoms with E-state index in [9.17, 15) is 0 Å². The largest absolute Gasteiger partial charge is 0.384 e. The quantitative estimate of drug-likeness (QED) is 0.361. The molecule has 0 radical (unpaired) electrons. The highest BCUT2D eigenvalue weighted by Crippen LogP contribution is 2.37. The Labute approximate surface area is 87.9 Å². The highest BCUT2D eigenvalue weighted by molar-refractivity contribution is 8.12. The summed E-state index contributed by atoms with van der Waals surface area (Å²) in [5.41, 5.74) is 1.03. The van der Waals surface area contributed by atoms with Crippen molar-refractivity contribution < 1.29 is 4.74 Å². The van der Waals surface area contributed by atoms with E-state index in [4.69, 9.17) is 15.3 Å². The third kappa shape index (κ3) is 2.29. The van der Waals surface area contributed by atoms with Gasteiger partial charge in [0.2, 0.25) is 0 Å². The zero-order chi connectivity index (χ0) is 9.97. The van der Waals surface area contributed by atoms with Crippen molar-refractivity contribution in [2.75, 3.05) is 13.2 Å². The fraction of sp³-hybridized carbons (Fsp3) is 0.667. The molecule has 1 atom stereocenters. The lowest BCUT2D eigenvalue weighted by molar-refractivity contribution is 0.0401. The Balaban J connectivity index is 2.05. The summed E-state index contributed by atoms with van der Waals surface area (Å²) in [7, 11) is 0. The van der Waals surface area contributed by atoms with Gasteiger partial charge < -0.3 is 10.1 Å². The second kappa shape index (κ2) is 4.33. The first-order valence-electron chi connectivity index (χ1n) is 4.83. The average molecular weight is 213 g/mol. The Bertz CT molecular complexity index is 263. The van der Waals surface area contributed by atoms with E-state index in [1.807, 2.05) is 0 Å². The van der Waals surface area contributed by atoms with Crippen LogP contribution in [0.2, 0.25) is 0 Å². The Hall–Kier alpha value is -0.520. The molecule has 0 bridgehead atoms. The Morgan fingerprint density at radius 2 is 2.43 bits per heavy atom. The van der Waals surface area contributed by atoms with Crippen LogP contribution in [0.5, 0.6) is 0 Å². The van der Waals surface area contributed by atoms with E-state index in [0.29, 0.717) is 11.0 Å². The summed E-state index contributed by atoms with van der Waals surface area (Å²) in [6, 6.07) is 0. The number of hydrogen-bond acceptors (Lipinski definition) is 5. The maximum atomic E-state index is 7.49. The fourth-order valence-electron chi connectivity index (χ4n) is 1.67. The summed E-state index contributed by atoms with van der Waals surface area (Å²) in [6.45, 7) is 1.60.